The van der Waals surface area contributed by atoms with E-state index in [1.165, 1.54) is 0 Å². The van der Waals surface area contributed by atoms with Crippen LogP contribution in [0.5, 0.6) is 0 Å². The van der Waals surface area contributed by atoms with Crippen LogP contribution in [0.2, 0.25) is 0 Å². The third-order valence-electron chi connectivity index (χ3n) is 3.82. The highest BCUT2D eigenvalue weighted by Crippen LogP contribution is 2.20. The molecular formula is C18H26N4O2S. The number of hydrogen-bond donors (Lipinski definition) is 1. The van der Waals surface area contributed by atoms with Gasteiger partial charge in [0.2, 0.25) is 0 Å². The van der Waals surface area contributed by atoms with Gasteiger partial charge in [0, 0.05) is 13.1 Å². The Kier molecular flexibility index (Phi) is 6.36. The molecule has 0 unspecified atom stereocenters. The minimum Gasteiger partial charge on any atom is -0.355 e. The molecule has 1 aromatic carbocycles. The summed E-state index contributed by atoms with van der Waals surface area (Å²) in [5.74, 6) is 0.981. The third kappa shape index (κ3) is 4.92. The average Bonchev–Trinajstić information content (AvgIpc) is 2.54. The summed E-state index contributed by atoms with van der Waals surface area (Å²) in [5, 5.41) is 8.22. The van der Waals surface area contributed by atoms with E-state index in [0.29, 0.717) is 5.56 Å². The van der Waals surface area contributed by atoms with E-state index in [1.807, 2.05) is 13.0 Å². The SMILES string of the molecule is CCCN(CCC)c1ccc(NS(=O)(=O)c2ccc(C)cc2C)nn1. The number of hydrogen-bond acceptors (Lipinski definition) is 5. The van der Waals surface area contributed by atoms with E-state index in [2.05, 4.69) is 33.7 Å². The van der Waals surface area contributed by atoms with Crippen LogP contribution in [0, 0.1) is 13.8 Å². The average molecular weight is 362 g/mol. The summed E-state index contributed by atoms with van der Waals surface area (Å²) in [4.78, 5) is 2.40. The van der Waals surface area contributed by atoms with E-state index in [-0.39, 0.29) is 10.7 Å². The molecule has 0 aliphatic carbocycles. The van der Waals surface area contributed by atoms with Gasteiger partial charge in [0.05, 0.1) is 4.90 Å². The summed E-state index contributed by atoms with van der Waals surface area (Å²) in [5.41, 5.74) is 1.72. The zero-order valence-corrected chi connectivity index (χ0v) is 16.1. The highest BCUT2D eigenvalue weighted by molar-refractivity contribution is 7.92. The monoisotopic (exact) mass is 362 g/mol. The molecule has 2 aromatic rings. The molecule has 136 valence electrons. The molecule has 0 saturated heterocycles. The van der Waals surface area contributed by atoms with Gasteiger partial charge in [-0.3, -0.25) is 4.72 Å². The Morgan fingerprint density at radius 2 is 1.68 bits per heavy atom. The number of nitrogens with one attached hydrogen (secondary N) is 1. The van der Waals surface area contributed by atoms with Gasteiger partial charge in [-0.15, -0.1) is 10.2 Å². The van der Waals surface area contributed by atoms with Gasteiger partial charge < -0.3 is 4.90 Å². The molecule has 0 radical (unpaired) electrons. The summed E-state index contributed by atoms with van der Waals surface area (Å²) >= 11 is 0. The maximum Gasteiger partial charge on any atom is 0.263 e. The molecular weight excluding hydrogens is 336 g/mol. The molecule has 0 atom stereocenters. The van der Waals surface area contributed by atoms with Gasteiger partial charge in [-0.25, -0.2) is 8.42 Å². The highest BCUT2D eigenvalue weighted by Gasteiger charge is 2.18. The van der Waals surface area contributed by atoms with Crippen LogP contribution in [-0.2, 0) is 10.0 Å². The number of rotatable bonds is 8. The van der Waals surface area contributed by atoms with Crippen molar-refractivity contribution in [3.63, 3.8) is 0 Å². The summed E-state index contributed by atoms with van der Waals surface area (Å²) < 4.78 is 27.6. The molecule has 0 aliphatic rings. The van der Waals surface area contributed by atoms with Crippen molar-refractivity contribution in [1.29, 1.82) is 0 Å². The Hall–Kier alpha value is -2.15. The van der Waals surface area contributed by atoms with Crippen molar-refractivity contribution in [2.45, 2.75) is 45.4 Å². The molecule has 7 heteroatoms. The minimum absolute atomic E-state index is 0.219. The van der Waals surface area contributed by atoms with Crippen molar-refractivity contribution < 1.29 is 8.42 Å². The van der Waals surface area contributed by atoms with Crippen LogP contribution in [0.3, 0.4) is 0 Å². The molecule has 0 fully saturated rings. The van der Waals surface area contributed by atoms with Gasteiger partial charge >= 0.3 is 0 Å². The molecule has 0 saturated carbocycles. The Balaban J connectivity index is 2.19. The first kappa shape index (κ1) is 19.2. The van der Waals surface area contributed by atoms with Crippen molar-refractivity contribution in [1.82, 2.24) is 10.2 Å². The first-order valence-corrected chi connectivity index (χ1v) is 10.0. The van der Waals surface area contributed by atoms with Gasteiger partial charge in [0.15, 0.2) is 11.6 Å². The normalized spacial score (nSPS) is 11.4. The molecule has 6 nitrogen and oxygen atoms in total. The molecule has 0 spiro atoms. The Labute approximate surface area is 150 Å². The predicted molar refractivity (Wildman–Crippen MR) is 102 cm³/mol. The van der Waals surface area contributed by atoms with Gasteiger partial charge in [0.25, 0.3) is 10.0 Å². The number of nitrogens with zero attached hydrogens (tertiary/aromatic N) is 3. The lowest BCUT2D eigenvalue weighted by Crippen LogP contribution is -2.26. The molecule has 0 amide bonds. The van der Waals surface area contributed by atoms with Crippen molar-refractivity contribution in [3.8, 4) is 0 Å². The van der Waals surface area contributed by atoms with E-state index >= 15 is 0 Å². The van der Waals surface area contributed by atoms with Crippen LogP contribution in [-0.4, -0.2) is 31.7 Å². The third-order valence-corrected chi connectivity index (χ3v) is 5.34. The second kappa shape index (κ2) is 8.29. The van der Waals surface area contributed by atoms with Crippen molar-refractivity contribution in [3.05, 3.63) is 41.5 Å². The highest BCUT2D eigenvalue weighted by atomic mass is 32.2. The molecule has 2 rings (SSSR count). The number of sulfonamides is 1. The fourth-order valence-electron chi connectivity index (χ4n) is 2.72. The Morgan fingerprint density at radius 3 is 2.20 bits per heavy atom. The van der Waals surface area contributed by atoms with E-state index in [4.69, 9.17) is 0 Å². The molecule has 0 aliphatic heterocycles. The maximum absolute atomic E-state index is 12.6. The largest absolute Gasteiger partial charge is 0.355 e. The van der Waals surface area contributed by atoms with E-state index in [0.717, 1.165) is 37.3 Å². The zero-order valence-electron chi connectivity index (χ0n) is 15.3. The van der Waals surface area contributed by atoms with E-state index in [1.54, 1.807) is 31.2 Å². The van der Waals surface area contributed by atoms with Crippen LogP contribution < -0.4 is 9.62 Å². The minimum atomic E-state index is -3.68. The second-order valence-electron chi connectivity index (χ2n) is 6.14. The zero-order chi connectivity index (χ0) is 18.4. The lowest BCUT2D eigenvalue weighted by atomic mass is 10.2. The molecule has 1 heterocycles. The summed E-state index contributed by atoms with van der Waals surface area (Å²) in [7, 11) is -3.68. The van der Waals surface area contributed by atoms with Crippen molar-refractivity contribution >= 4 is 21.7 Å². The predicted octanol–water partition coefficient (Wildman–Crippen LogP) is 3.52. The smallest absolute Gasteiger partial charge is 0.263 e. The Morgan fingerprint density at radius 1 is 1.00 bits per heavy atom. The van der Waals surface area contributed by atoms with E-state index < -0.39 is 10.0 Å². The molecule has 1 aromatic heterocycles. The fourth-order valence-corrected chi connectivity index (χ4v) is 3.95. The van der Waals surface area contributed by atoms with Gasteiger partial charge in [-0.2, -0.15) is 0 Å². The van der Waals surface area contributed by atoms with Crippen LogP contribution in [0.25, 0.3) is 0 Å². The second-order valence-corrected chi connectivity index (χ2v) is 7.79. The van der Waals surface area contributed by atoms with Gasteiger partial charge in [-0.05, 0) is 50.5 Å². The van der Waals surface area contributed by atoms with Crippen LogP contribution in [0.1, 0.15) is 37.8 Å². The van der Waals surface area contributed by atoms with Crippen molar-refractivity contribution in [2.75, 3.05) is 22.7 Å². The summed E-state index contributed by atoms with van der Waals surface area (Å²) in [6.45, 7) is 9.74. The molecule has 0 bridgehead atoms. The lowest BCUT2D eigenvalue weighted by Gasteiger charge is -2.21. The van der Waals surface area contributed by atoms with Gasteiger partial charge in [0.1, 0.15) is 0 Å². The maximum atomic E-state index is 12.6. The first-order chi connectivity index (χ1) is 11.9. The van der Waals surface area contributed by atoms with Crippen LogP contribution in [0.4, 0.5) is 11.6 Å². The lowest BCUT2D eigenvalue weighted by molar-refractivity contribution is 0.600. The quantitative estimate of drug-likeness (QED) is 0.777. The van der Waals surface area contributed by atoms with Crippen LogP contribution >= 0.6 is 0 Å². The van der Waals surface area contributed by atoms with Gasteiger partial charge in [-0.1, -0.05) is 31.5 Å². The van der Waals surface area contributed by atoms with Crippen LogP contribution in [0.15, 0.2) is 35.2 Å². The fraction of sp³-hybridized carbons (Fsp3) is 0.444. The van der Waals surface area contributed by atoms with Crippen molar-refractivity contribution in [2.24, 2.45) is 0 Å². The number of benzene rings is 1. The topological polar surface area (TPSA) is 75.2 Å². The summed E-state index contributed by atoms with van der Waals surface area (Å²) in [6.07, 6.45) is 2.03. The van der Waals surface area contributed by atoms with E-state index in [9.17, 15) is 8.42 Å². The standard InChI is InChI=1S/C18H26N4O2S/c1-5-11-22(12-6-2)18-10-9-17(19-20-18)21-25(23,24)16-8-7-14(3)13-15(16)4/h7-10,13H,5-6,11-12H2,1-4H3,(H,19,21). The molecule has 25 heavy (non-hydrogen) atoms. The number of aromatic nitrogens is 2. The number of aryl methyl sites for hydroxylation is 2. The Bertz CT molecular complexity index is 798. The number of anilines is 2. The molecule has 1 N–H and O–H groups in total. The first-order valence-electron chi connectivity index (χ1n) is 8.56. The summed E-state index contributed by atoms with van der Waals surface area (Å²) in [6, 6.07) is 8.69.